The topological polar surface area (TPSA) is 168 Å². The molecule has 4 heterocycles. The Balaban J connectivity index is 1.21. The van der Waals surface area contributed by atoms with Crippen molar-refractivity contribution in [2.45, 2.75) is 86.0 Å². The maximum Gasteiger partial charge on any atom is 0.410 e. The molecular weight excluding hydrogens is 689 g/mol. The summed E-state index contributed by atoms with van der Waals surface area (Å²) in [6, 6.07) is 6.18. The number of thiophene rings is 1. The van der Waals surface area contributed by atoms with Gasteiger partial charge in [0.15, 0.2) is 0 Å². The van der Waals surface area contributed by atoms with E-state index in [4.69, 9.17) is 33.7 Å². The highest BCUT2D eigenvalue weighted by molar-refractivity contribution is 7.92. The molecule has 4 aliphatic rings. The van der Waals surface area contributed by atoms with Crippen LogP contribution in [0.4, 0.5) is 4.79 Å². The first-order valence-corrected chi connectivity index (χ1v) is 18.5. The third kappa shape index (κ3) is 7.02. The van der Waals surface area contributed by atoms with E-state index in [-0.39, 0.29) is 34.5 Å². The molecule has 1 aromatic carbocycles. The number of nitrogens with two attached hydrogens (primary N) is 1. The summed E-state index contributed by atoms with van der Waals surface area (Å²) in [7, 11) is -4.26. The van der Waals surface area contributed by atoms with E-state index >= 15 is 0 Å². The molecule has 4 N–H and O–H groups in total. The summed E-state index contributed by atoms with van der Waals surface area (Å²) in [5.74, 6) is -2.48. The van der Waals surface area contributed by atoms with Gasteiger partial charge in [0.25, 0.3) is 15.9 Å². The van der Waals surface area contributed by atoms with E-state index in [2.05, 4.69) is 10.0 Å². The molecule has 12 nitrogen and oxygen atoms in total. The van der Waals surface area contributed by atoms with Gasteiger partial charge in [0, 0.05) is 23.9 Å². The molecule has 16 heteroatoms. The predicted molar refractivity (Wildman–Crippen MR) is 175 cm³/mol. The van der Waals surface area contributed by atoms with Crippen LogP contribution in [0.2, 0.25) is 9.36 Å². The predicted octanol–water partition coefficient (Wildman–Crippen LogP) is 3.70. The van der Waals surface area contributed by atoms with E-state index in [0.29, 0.717) is 30.8 Å². The lowest BCUT2D eigenvalue weighted by molar-refractivity contribution is -0.140. The Labute approximate surface area is 286 Å². The highest BCUT2D eigenvalue weighted by atomic mass is 35.5. The number of carbonyl (C=O) groups is 4. The number of allylic oxidation sites excluding steroid dienone is 1. The minimum absolute atomic E-state index is 0.0260. The SMILES string of the molecule is N[C@H]1CCCCC/C=C\[C@@H]2C[C@@]2(C(=O)NS(=O)(=O)c2ccc(Cl)s2)NC(=O)C2C[C@@H](OC(=O)N3Cc4cccc(Cl)c4C3)CN2C1=O. The van der Waals surface area contributed by atoms with Crippen molar-refractivity contribution in [2.75, 3.05) is 6.54 Å². The number of hydrogen-bond acceptors (Lipinski definition) is 9. The molecule has 1 aliphatic carbocycles. The maximum absolute atomic E-state index is 14.0. The molecule has 5 atom stereocenters. The van der Waals surface area contributed by atoms with Gasteiger partial charge in [-0.1, -0.05) is 60.3 Å². The lowest BCUT2D eigenvalue weighted by Gasteiger charge is -2.28. The van der Waals surface area contributed by atoms with Crippen molar-refractivity contribution in [3.05, 3.63) is 63.0 Å². The monoisotopic (exact) mass is 723 g/mol. The van der Waals surface area contributed by atoms with Gasteiger partial charge in [0.05, 0.1) is 23.5 Å². The van der Waals surface area contributed by atoms with Crippen molar-refractivity contribution < 1.29 is 32.3 Å². The lowest BCUT2D eigenvalue weighted by atomic mass is 10.1. The van der Waals surface area contributed by atoms with E-state index in [0.717, 1.165) is 35.3 Å². The van der Waals surface area contributed by atoms with Crippen LogP contribution in [0.15, 0.2) is 46.7 Å². The second-order valence-electron chi connectivity index (χ2n) is 12.4. The van der Waals surface area contributed by atoms with Gasteiger partial charge in [-0.3, -0.25) is 19.3 Å². The average Bonchev–Trinajstić information content (AvgIpc) is 3.41. The molecule has 1 aromatic heterocycles. The third-order valence-electron chi connectivity index (χ3n) is 9.18. The van der Waals surface area contributed by atoms with Crippen LogP contribution in [-0.2, 0) is 42.2 Å². The minimum atomic E-state index is -4.26. The first-order chi connectivity index (χ1) is 22.4. The van der Waals surface area contributed by atoms with Crippen LogP contribution in [0.1, 0.15) is 56.1 Å². The van der Waals surface area contributed by atoms with Gasteiger partial charge < -0.3 is 20.7 Å². The smallest absolute Gasteiger partial charge is 0.410 e. The first-order valence-electron chi connectivity index (χ1n) is 15.5. The van der Waals surface area contributed by atoms with Gasteiger partial charge in [-0.2, -0.15) is 0 Å². The Morgan fingerprint density at radius 1 is 1.11 bits per heavy atom. The van der Waals surface area contributed by atoms with Gasteiger partial charge in [-0.05, 0) is 55.0 Å². The molecule has 1 saturated heterocycles. The highest BCUT2D eigenvalue weighted by Gasteiger charge is 2.61. The molecule has 47 heavy (non-hydrogen) atoms. The van der Waals surface area contributed by atoms with Crippen LogP contribution in [0.5, 0.6) is 0 Å². The summed E-state index contributed by atoms with van der Waals surface area (Å²) < 4.78 is 34.0. The molecule has 6 rings (SSSR count). The summed E-state index contributed by atoms with van der Waals surface area (Å²) in [5.41, 5.74) is 6.49. The van der Waals surface area contributed by atoms with Crippen molar-refractivity contribution in [2.24, 2.45) is 11.7 Å². The van der Waals surface area contributed by atoms with E-state index < -0.39 is 63.5 Å². The molecule has 2 aromatic rings. The molecule has 1 saturated carbocycles. The number of ether oxygens (including phenoxy) is 1. The van der Waals surface area contributed by atoms with Crippen LogP contribution in [0.25, 0.3) is 0 Å². The van der Waals surface area contributed by atoms with Gasteiger partial charge in [-0.15, -0.1) is 11.3 Å². The summed E-state index contributed by atoms with van der Waals surface area (Å²) in [6.07, 6.45) is 5.96. The van der Waals surface area contributed by atoms with Crippen molar-refractivity contribution in [1.29, 1.82) is 0 Å². The first kappa shape index (κ1) is 33.7. The van der Waals surface area contributed by atoms with Crippen molar-refractivity contribution in [1.82, 2.24) is 19.8 Å². The number of rotatable bonds is 4. The molecule has 0 bridgehead atoms. The lowest BCUT2D eigenvalue weighted by Crippen LogP contribution is -2.57. The normalized spacial score (nSPS) is 28.7. The quantitative estimate of drug-likeness (QED) is 0.402. The molecule has 1 unspecified atom stereocenters. The van der Waals surface area contributed by atoms with E-state index in [1.54, 1.807) is 6.07 Å². The Kier molecular flexibility index (Phi) is 9.60. The Morgan fingerprint density at radius 2 is 1.91 bits per heavy atom. The molecule has 4 amide bonds. The second-order valence-corrected chi connectivity index (χ2v) is 16.5. The van der Waals surface area contributed by atoms with Crippen LogP contribution in [-0.4, -0.2) is 72.3 Å². The number of sulfonamides is 1. The van der Waals surface area contributed by atoms with Gasteiger partial charge in [-0.25, -0.2) is 17.9 Å². The number of amides is 4. The van der Waals surface area contributed by atoms with Crippen LogP contribution in [0, 0.1) is 5.92 Å². The number of nitrogens with one attached hydrogen (secondary N) is 2. The minimum Gasteiger partial charge on any atom is -0.444 e. The van der Waals surface area contributed by atoms with Gasteiger partial charge in [0.2, 0.25) is 11.8 Å². The molecule has 3 aliphatic heterocycles. The maximum atomic E-state index is 14.0. The molecule has 252 valence electrons. The summed E-state index contributed by atoms with van der Waals surface area (Å²) >= 11 is 13.0. The zero-order valence-electron chi connectivity index (χ0n) is 25.3. The van der Waals surface area contributed by atoms with E-state index in [1.165, 1.54) is 21.9 Å². The van der Waals surface area contributed by atoms with Gasteiger partial charge in [0.1, 0.15) is 21.9 Å². The van der Waals surface area contributed by atoms with Crippen LogP contribution in [0.3, 0.4) is 0 Å². The standard InChI is InChI=1S/C31H35Cl2N5O7S2/c32-22-9-6-7-18-15-37(17-21(18)22)30(42)45-20-13-24-27(39)35-31(29(41)36-47(43,44)26-12-11-25(33)46-26)14-19(31)8-4-2-1-3-5-10-23(34)28(40)38(24)16-20/h4,6-9,11-12,19-20,23-24H,1-3,5,10,13-17,34H2,(H,35,39)(H,36,41)/b8-4-/t19-,20-,23+,24?,31-/m1/s1. The fraction of sp³-hybridized carbons (Fsp3) is 0.484. The fourth-order valence-corrected chi connectivity index (χ4v) is 9.27. The molecule has 0 radical (unpaired) electrons. The Hall–Kier alpha value is -3.17. The fourth-order valence-electron chi connectivity index (χ4n) is 6.49. The second kappa shape index (κ2) is 13.4. The Morgan fingerprint density at radius 3 is 2.66 bits per heavy atom. The third-order valence-corrected chi connectivity index (χ3v) is 12.6. The van der Waals surface area contributed by atoms with Crippen molar-refractivity contribution in [3.63, 3.8) is 0 Å². The summed E-state index contributed by atoms with van der Waals surface area (Å²) in [6.45, 7) is 0.519. The number of nitrogens with zero attached hydrogens (tertiary/aromatic N) is 2. The van der Waals surface area contributed by atoms with E-state index in [1.807, 2.05) is 24.3 Å². The number of halogens is 2. The number of fused-ring (bicyclic) bond motifs is 3. The molecule has 2 fully saturated rings. The zero-order valence-corrected chi connectivity index (χ0v) is 28.5. The van der Waals surface area contributed by atoms with Crippen LogP contribution < -0.4 is 15.8 Å². The summed E-state index contributed by atoms with van der Waals surface area (Å²) in [5, 5.41) is 3.33. The van der Waals surface area contributed by atoms with Crippen molar-refractivity contribution in [3.8, 4) is 0 Å². The number of hydrogen-bond donors (Lipinski definition) is 3. The highest BCUT2D eigenvalue weighted by Crippen LogP contribution is 2.46. The van der Waals surface area contributed by atoms with Crippen molar-refractivity contribution >= 4 is 68.4 Å². The molecular formula is C31H35Cl2N5O7S2. The number of benzene rings is 1. The molecule has 0 spiro atoms. The number of carbonyl (C=O) groups excluding carboxylic acids is 4. The zero-order chi connectivity index (χ0) is 33.5. The largest absolute Gasteiger partial charge is 0.444 e. The van der Waals surface area contributed by atoms with E-state index in [9.17, 15) is 27.6 Å². The van der Waals surface area contributed by atoms with Crippen LogP contribution >= 0.6 is 34.5 Å². The average molecular weight is 725 g/mol. The van der Waals surface area contributed by atoms with Gasteiger partial charge >= 0.3 is 6.09 Å². The Bertz CT molecular complexity index is 1730. The summed E-state index contributed by atoms with van der Waals surface area (Å²) in [4.78, 5) is 57.2.